The Hall–Kier alpha value is -2.90. The smallest absolute Gasteiger partial charge is 0.273 e. The molecule has 0 bridgehead atoms. The highest BCUT2D eigenvalue weighted by molar-refractivity contribution is 5.97. The molecule has 0 atom stereocenters. The monoisotopic (exact) mass is 292 g/mol. The van der Waals surface area contributed by atoms with Gasteiger partial charge in [-0.05, 0) is 12.1 Å². The number of aromatic nitrogens is 1. The lowest BCUT2D eigenvalue weighted by Crippen LogP contribution is -2.41. The number of amides is 2. The molecule has 1 aromatic heterocycles. The highest BCUT2D eigenvalue weighted by Crippen LogP contribution is 2.25. The molecule has 21 heavy (non-hydrogen) atoms. The van der Waals surface area contributed by atoms with E-state index in [-0.39, 0.29) is 30.1 Å². The van der Waals surface area contributed by atoms with Crippen LogP contribution in [-0.2, 0) is 0 Å². The lowest BCUT2D eigenvalue weighted by atomic mass is 10.1. The maximum absolute atomic E-state index is 13.7. The summed E-state index contributed by atoms with van der Waals surface area (Å²) in [4.78, 5) is 25.8. The molecule has 0 fully saturated rings. The SMILES string of the molecule is O=C([O-])NCCNC(=O)c1ncoc1-c1ccccc1F. The second-order valence-electron chi connectivity index (χ2n) is 3.98. The molecule has 8 heteroatoms. The van der Waals surface area contributed by atoms with Crippen molar-refractivity contribution in [1.29, 1.82) is 0 Å². The van der Waals surface area contributed by atoms with Crippen LogP contribution in [0.3, 0.4) is 0 Å². The van der Waals surface area contributed by atoms with E-state index in [0.29, 0.717) is 0 Å². The van der Waals surface area contributed by atoms with Gasteiger partial charge >= 0.3 is 0 Å². The average Bonchev–Trinajstić information content (AvgIpc) is 2.93. The summed E-state index contributed by atoms with van der Waals surface area (Å²) < 4.78 is 18.8. The molecule has 0 saturated heterocycles. The Balaban J connectivity index is 2.08. The van der Waals surface area contributed by atoms with Crippen molar-refractivity contribution in [3.63, 3.8) is 0 Å². The van der Waals surface area contributed by atoms with Crippen molar-refractivity contribution in [2.45, 2.75) is 0 Å². The maximum atomic E-state index is 13.7. The molecule has 2 N–H and O–H groups in total. The van der Waals surface area contributed by atoms with Gasteiger partial charge in [0.25, 0.3) is 5.91 Å². The van der Waals surface area contributed by atoms with Crippen LogP contribution < -0.4 is 15.7 Å². The highest BCUT2D eigenvalue weighted by Gasteiger charge is 2.20. The van der Waals surface area contributed by atoms with Crippen LogP contribution in [0.5, 0.6) is 0 Å². The number of carboxylic acid groups (broad SMARTS) is 1. The molecule has 1 aromatic carbocycles. The molecule has 0 aliphatic heterocycles. The van der Waals surface area contributed by atoms with Gasteiger partial charge in [0.2, 0.25) is 0 Å². The third-order valence-electron chi connectivity index (χ3n) is 2.58. The largest absolute Gasteiger partial charge is 0.530 e. The number of halogens is 1. The molecular weight excluding hydrogens is 281 g/mol. The van der Waals surface area contributed by atoms with Gasteiger partial charge in [-0.1, -0.05) is 12.1 Å². The van der Waals surface area contributed by atoms with Crippen LogP contribution in [0.25, 0.3) is 11.3 Å². The Bertz CT molecular complexity index is 656. The molecule has 0 aliphatic carbocycles. The van der Waals surface area contributed by atoms with E-state index in [1.807, 2.05) is 5.32 Å². The molecule has 0 radical (unpaired) electrons. The Kier molecular flexibility index (Phi) is 4.50. The first-order chi connectivity index (χ1) is 10.1. The van der Waals surface area contributed by atoms with E-state index < -0.39 is 17.8 Å². The van der Waals surface area contributed by atoms with Crippen molar-refractivity contribution >= 4 is 12.0 Å². The zero-order valence-corrected chi connectivity index (χ0v) is 10.8. The van der Waals surface area contributed by atoms with Crippen molar-refractivity contribution in [2.75, 3.05) is 13.1 Å². The Morgan fingerprint density at radius 2 is 1.95 bits per heavy atom. The second kappa shape index (κ2) is 6.51. The first-order valence-corrected chi connectivity index (χ1v) is 6.01. The minimum absolute atomic E-state index is 0.0125. The summed E-state index contributed by atoms with van der Waals surface area (Å²) in [5.41, 5.74) is 0.0431. The molecule has 110 valence electrons. The van der Waals surface area contributed by atoms with E-state index in [1.54, 1.807) is 6.07 Å². The van der Waals surface area contributed by atoms with Gasteiger partial charge in [0.15, 0.2) is 17.8 Å². The zero-order chi connectivity index (χ0) is 15.2. The van der Waals surface area contributed by atoms with Crippen molar-refractivity contribution < 1.29 is 23.5 Å². The number of hydrogen-bond donors (Lipinski definition) is 2. The number of hydrogen-bond acceptors (Lipinski definition) is 5. The molecule has 0 aliphatic rings. The van der Waals surface area contributed by atoms with Gasteiger partial charge in [-0.25, -0.2) is 9.37 Å². The minimum Gasteiger partial charge on any atom is -0.530 e. The minimum atomic E-state index is -1.43. The molecule has 2 aromatic rings. The van der Waals surface area contributed by atoms with E-state index in [4.69, 9.17) is 4.42 Å². The summed E-state index contributed by atoms with van der Waals surface area (Å²) >= 11 is 0. The van der Waals surface area contributed by atoms with E-state index in [9.17, 15) is 19.1 Å². The van der Waals surface area contributed by atoms with Crippen molar-refractivity contribution in [3.8, 4) is 11.3 Å². The first-order valence-electron chi connectivity index (χ1n) is 6.01. The van der Waals surface area contributed by atoms with Crippen LogP contribution in [0.15, 0.2) is 35.1 Å². The second-order valence-corrected chi connectivity index (χ2v) is 3.98. The van der Waals surface area contributed by atoms with E-state index in [2.05, 4.69) is 10.3 Å². The van der Waals surface area contributed by atoms with Crippen molar-refractivity contribution in [1.82, 2.24) is 15.6 Å². The molecular formula is C13H11FN3O4-. The number of carbonyl (C=O) groups is 2. The standard InChI is InChI=1S/C13H12FN3O4/c14-9-4-2-1-3-8(9)11-10(17-7-21-11)12(18)15-5-6-16-13(19)20/h1-4,7,16H,5-6H2,(H,15,18)(H,19,20)/p-1. The summed E-state index contributed by atoms with van der Waals surface area (Å²) in [5.74, 6) is -1.12. The normalized spacial score (nSPS) is 10.1. The predicted molar refractivity (Wildman–Crippen MR) is 67.6 cm³/mol. The number of carbonyl (C=O) groups excluding carboxylic acids is 2. The van der Waals surface area contributed by atoms with Gasteiger partial charge in [0.05, 0.1) is 5.56 Å². The van der Waals surface area contributed by atoms with Gasteiger partial charge in [-0.2, -0.15) is 0 Å². The van der Waals surface area contributed by atoms with Crippen LogP contribution >= 0.6 is 0 Å². The highest BCUT2D eigenvalue weighted by atomic mass is 19.1. The fourth-order valence-electron chi connectivity index (χ4n) is 1.67. The molecule has 0 saturated carbocycles. The van der Waals surface area contributed by atoms with E-state index in [0.717, 1.165) is 6.39 Å². The number of oxazole rings is 1. The lowest BCUT2D eigenvalue weighted by Gasteiger charge is -2.07. The molecule has 2 amide bonds. The molecule has 2 rings (SSSR count). The summed E-state index contributed by atoms with van der Waals surface area (Å²) in [5, 5.41) is 14.6. The summed E-state index contributed by atoms with van der Waals surface area (Å²) in [6.45, 7) is 0.0251. The topological polar surface area (TPSA) is 107 Å². The van der Waals surface area contributed by atoms with Gasteiger partial charge < -0.3 is 25.0 Å². The van der Waals surface area contributed by atoms with Gasteiger partial charge in [-0.3, -0.25) is 4.79 Å². The lowest BCUT2D eigenvalue weighted by molar-refractivity contribution is -0.250. The third kappa shape index (κ3) is 3.56. The molecule has 0 spiro atoms. The van der Waals surface area contributed by atoms with Crippen molar-refractivity contribution in [3.05, 3.63) is 42.2 Å². The number of nitrogens with zero attached hydrogens (tertiary/aromatic N) is 1. The molecule has 7 nitrogen and oxygen atoms in total. The summed E-state index contributed by atoms with van der Waals surface area (Å²) in [7, 11) is 0. The number of benzene rings is 1. The fourth-order valence-corrected chi connectivity index (χ4v) is 1.67. The van der Waals surface area contributed by atoms with Crippen LogP contribution in [-0.4, -0.2) is 30.1 Å². The van der Waals surface area contributed by atoms with Gasteiger partial charge in [-0.15, -0.1) is 0 Å². The predicted octanol–water partition coefficient (Wildman–Crippen LogP) is 0.143. The van der Waals surface area contributed by atoms with Crippen molar-refractivity contribution in [2.24, 2.45) is 0 Å². The first kappa shape index (κ1) is 14.5. The van der Waals surface area contributed by atoms with E-state index >= 15 is 0 Å². The molecule has 1 heterocycles. The Morgan fingerprint density at radius 1 is 1.24 bits per heavy atom. The maximum Gasteiger partial charge on any atom is 0.273 e. The van der Waals surface area contributed by atoms with E-state index in [1.165, 1.54) is 18.2 Å². The summed E-state index contributed by atoms with van der Waals surface area (Å²) in [6, 6.07) is 5.82. The quantitative estimate of drug-likeness (QED) is 0.762. The third-order valence-corrected chi connectivity index (χ3v) is 2.58. The summed E-state index contributed by atoms with van der Waals surface area (Å²) in [6.07, 6.45) is -0.395. The Morgan fingerprint density at radius 3 is 2.67 bits per heavy atom. The van der Waals surface area contributed by atoms with Crippen LogP contribution in [0.4, 0.5) is 9.18 Å². The number of nitrogens with one attached hydrogen (secondary N) is 2. The van der Waals surface area contributed by atoms with Crippen LogP contribution in [0.2, 0.25) is 0 Å². The average molecular weight is 292 g/mol. The number of rotatable bonds is 5. The fraction of sp³-hybridized carbons (Fsp3) is 0.154. The van der Waals surface area contributed by atoms with Crippen LogP contribution in [0, 0.1) is 5.82 Å². The van der Waals surface area contributed by atoms with Gasteiger partial charge in [0.1, 0.15) is 11.9 Å². The zero-order valence-electron chi connectivity index (χ0n) is 10.8. The molecule has 0 unspecified atom stereocenters. The van der Waals surface area contributed by atoms with Crippen LogP contribution in [0.1, 0.15) is 10.5 Å². The Labute approximate surface area is 118 Å². The van der Waals surface area contributed by atoms with Gasteiger partial charge in [0, 0.05) is 13.1 Å².